The van der Waals surface area contributed by atoms with Gasteiger partial charge in [0.2, 0.25) is 5.91 Å². The quantitative estimate of drug-likeness (QED) is 0.326. The standard InChI is InChI=1S/C28H31N3O4/c1-6-34-27-14-22(10-11-26(27)35-17-25-19(3)12-18(2)13-20(25)4)16-29-31-28(33)23-8-7-9-24(15-23)30-21(5)32/h7-16H,6,17H2,1-5H3,(H,30,32)(H,31,33)/b29-16-. The zero-order valence-corrected chi connectivity index (χ0v) is 20.8. The van der Waals surface area contributed by atoms with Crippen molar-refractivity contribution in [3.05, 3.63) is 88.0 Å². The highest BCUT2D eigenvalue weighted by Gasteiger charge is 2.10. The first-order chi connectivity index (χ1) is 16.8. The average Bonchev–Trinajstić information content (AvgIpc) is 2.79. The van der Waals surface area contributed by atoms with E-state index in [9.17, 15) is 9.59 Å². The molecule has 0 saturated carbocycles. The summed E-state index contributed by atoms with van der Waals surface area (Å²) in [6, 6.07) is 16.4. The van der Waals surface area contributed by atoms with E-state index in [-0.39, 0.29) is 11.8 Å². The largest absolute Gasteiger partial charge is 0.490 e. The summed E-state index contributed by atoms with van der Waals surface area (Å²) in [7, 11) is 0. The lowest BCUT2D eigenvalue weighted by Crippen LogP contribution is -2.18. The highest BCUT2D eigenvalue weighted by Crippen LogP contribution is 2.30. The Morgan fingerprint density at radius 3 is 2.37 bits per heavy atom. The second kappa shape index (κ2) is 11.8. The Hall–Kier alpha value is -4.13. The molecule has 7 heteroatoms. The van der Waals surface area contributed by atoms with Crippen LogP contribution in [0.3, 0.4) is 0 Å². The third-order valence-electron chi connectivity index (χ3n) is 5.30. The van der Waals surface area contributed by atoms with Gasteiger partial charge >= 0.3 is 0 Å². The number of ether oxygens (including phenoxy) is 2. The van der Waals surface area contributed by atoms with Crippen molar-refractivity contribution in [1.82, 2.24) is 5.43 Å². The minimum absolute atomic E-state index is 0.206. The lowest BCUT2D eigenvalue weighted by Gasteiger charge is -2.15. The van der Waals surface area contributed by atoms with Gasteiger partial charge in [-0.15, -0.1) is 0 Å². The molecule has 3 aromatic carbocycles. The van der Waals surface area contributed by atoms with E-state index in [0.717, 1.165) is 11.1 Å². The molecule has 0 aliphatic heterocycles. The Morgan fingerprint density at radius 2 is 1.69 bits per heavy atom. The number of nitrogens with one attached hydrogen (secondary N) is 2. The van der Waals surface area contributed by atoms with Gasteiger partial charge in [0.05, 0.1) is 12.8 Å². The van der Waals surface area contributed by atoms with Crippen LogP contribution in [0.1, 0.15) is 52.0 Å². The van der Waals surface area contributed by atoms with Crippen LogP contribution in [0.2, 0.25) is 0 Å². The van der Waals surface area contributed by atoms with Crippen molar-refractivity contribution in [2.45, 2.75) is 41.2 Å². The fourth-order valence-electron chi connectivity index (χ4n) is 3.75. The molecule has 0 saturated heterocycles. The number of aryl methyl sites for hydroxylation is 3. The molecule has 0 fully saturated rings. The minimum Gasteiger partial charge on any atom is -0.490 e. The van der Waals surface area contributed by atoms with E-state index < -0.39 is 0 Å². The molecule has 7 nitrogen and oxygen atoms in total. The number of benzene rings is 3. The Labute approximate surface area is 206 Å². The molecule has 0 aliphatic carbocycles. The first-order valence-electron chi connectivity index (χ1n) is 11.4. The zero-order chi connectivity index (χ0) is 25.4. The number of nitrogens with zero attached hydrogens (tertiary/aromatic N) is 1. The Balaban J connectivity index is 1.68. The number of hydrogen-bond acceptors (Lipinski definition) is 5. The molecule has 0 bridgehead atoms. The van der Waals surface area contributed by atoms with Gasteiger partial charge in [0.1, 0.15) is 6.61 Å². The number of hydrogen-bond donors (Lipinski definition) is 2. The van der Waals surface area contributed by atoms with Gasteiger partial charge in [-0.05, 0) is 86.3 Å². The van der Waals surface area contributed by atoms with E-state index in [1.54, 1.807) is 24.3 Å². The Bertz CT molecular complexity index is 1230. The summed E-state index contributed by atoms with van der Waals surface area (Å²) in [6.45, 7) is 10.5. The molecule has 35 heavy (non-hydrogen) atoms. The lowest BCUT2D eigenvalue weighted by atomic mass is 10.0. The molecule has 0 spiro atoms. The predicted octanol–water partition coefficient (Wildman–Crippen LogP) is 5.31. The van der Waals surface area contributed by atoms with E-state index in [0.29, 0.717) is 36.0 Å². The second-order valence-electron chi connectivity index (χ2n) is 8.27. The molecular formula is C28H31N3O4. The normalized spacial score (nSPS) is 10.8. The molecule has 0 atom stereocenters. The summed E-state index contributed by atoms with van der Waals surface area (Å²) in [5, 5.41) is 6.71. The SMILES string of the molecule is CCOc1cc(/C=N\NC(=O)c2cccc(NC(C)=O)c2)ccc1OCc1c(C)cc(C)cc1C. The molecule has 0 unspecified atom stereocenters. The van der Waals surface area contributed by atoms with Crippen molar-refractivity contribution in [2.75, 3.05) is 11.9 Å². The van der Waals surface area contributed by atoms with E-state index in [4.69, 9.17) is 9.47 Å². The maximum Gasteiger partial charge on any atom is 0.271 e. The first kappa shape index (κ1) is 25.5. The summed E-state index contributed by atoms with van der Waals surface area (Å²) < 4.78 is 11.9. The Kier molecular flexibility index (Phi) is 8.62. The summed E-state index contributed by atoms with van der Waals surface area (Å²) >= 11 is 0. The van der Waals surface area contributed by atoms with Crippen LogP contribution in [0.25, 0.3) is 0 Å². The van der Waals surface area contributed by atoms with Crippen LogP contribution >= 0.6 is 0 Å². The van der Waals surface area contributed by atoms with Crippen LogP contribution in [0.4, 0.5) is 5.69 Å². The van der Waals surface area contributed by atoms with Crippen molar-refractivity contribution in [3.8, 4) is 11.5 Å². The summed E-state index contributed by atoms with van der Waals surface area (Å²) in [4.78, 5) is 23.6. The fraction of sp³-hybridized carbons (Fsp3) is 0.250. The molecule has 3 rings (SSSR count). The molecule has 0 aromatic heterocycles. The molecule has 2 amide bonds. The number of carbonyl (C=O) groups excluding carboxylic acids is 2. The topological polar surface area (TPSA) is 89.0 Å². The number of amides is 2. The van der Waals surface area contributed by atoms with Crippen LogP contribution < -0.4 is 20.2 Å². The molecular weight excluding hydrogens is 442 g/mol. The van der Waals surface area contributed by atoms with Crippen molar-refractivity contribution in [1.29, 1.82) is 0 Å². The smallest absolute Gasteiger partial charge is 0.271 e. The van der Waals surface area contributed by atoms with Crippen molar-refractivity contribution < 1.29 is 19.1 Å². The summed E-state index contributed by atoms with van der Waals surface area (Å²) in [5.41, 5.74) is 8.96. The highest BCUT2D eigenvalue weighted by molar-refractivity contribution is 5.97. The lowest BCUT2D eigenvalue weighted by molar-refractivity contribution is -0.114. The van der Waals surface area contributed by atoms with E-state index in [1.807, 2.05) is 25.1 Å². The minimum atomic E-state index is -0.387. The van der Waals surface area contributed by atoms with Crippen LogP contribution in [0.15, 0.2) is 59.7 Å². The summed E-state index contributed by atoms with van der Waals surface area (Å²) in [5.74, 6) is 0.653. The maximum absolute atomic E-state index is 12.4. The van der Waals surface area contributed by atoms with Gasteiger partial charge in [-0.25, -0.2) is 5.43 Å². The third-order valence-corrected chi connectivity index (χ3v) is 5.30. The van der Waals surface area contributed by atoms with Crippen molar-refractivity contribution >= 4 is 23.7 Å². The van der Waals surface area contributed by atoms with Gasteiger partial charge in [0, 0.05) is 18.2 Å². The fourth-order valence-corrected chi connectivity index (χ4v) is 3.75. The monoisotopic (exact) mass is 473 g/mol. The van der Waals surface area contributed by atoms with E-state index in [1.165, 1.54) is 29.8 Å². The van der Waals surface area contributed by atoms with Gasteiger partial charge < -0.3 is 14.8 Å². The highest BCUT2D eigenvalue weighted by atomic mass is 16.5. The Morgan fingerprint density at radius 1 is 0.943 bits per heavy atom. The molecule has 0 aliphatic rings. The predicted molar refractivity (Wildman–Crippen MR) is 138 cm³/mol. The van der Waals surface area contributed by atoms with Gasteiger partial charge in [-0.3, -0.25) is 9.59 Å². The van der Waals surface area contributed by atoms with Gasteiger partial charge in [0.25, 0.3) is 5.91 Å². The van der Waals surface area contributed by atoms with Crippen molar-refractivity contribution in [3.63, 3.8) is 0 Å². The van der Waals surface area contributed by atoms with Gasteiger partial charge in [-0.2, -0.15) is 5.10 Å². The van der Waals surface area contributed by atoms with Crippen LogP contribution in [0.5, 0.6) is 11.5 Å². The number of hydrazone groups is 1. The van der Waals surface area contributed by atoms with Crippen LogP contribution in [-0.2, 0) is 11.4 Å². The molecule has 0 heterocycles. The van der Waals surface area contributed by atoms with Crippen molar-refractivity contribution in [2.24, 2.45) is 5.10 Å². The molecule has 3 aromatic rings. The van der Waals surface area contributed by atoms with Crippen LogP contribution in [0, 0.1) is 20.8 Å². The number of rotatable bonds is 9. The zero-order valence-electron chi connectivity index (χ0n) is 20.8. The number of carbonyl (C=O) groups is 2. The van der Waals surface area contributed by atoms with Crippen LogP contribution in [-0.4, -0.2) is 24.6 Å². The van der Waals surface area contributed by atoms with Gasteiger partial charge in [0.15, 0.2) is 11.5 Å². The second-order valence-corrected chi connectivity index (χ2v) is 8.27. The maximum atomic E-state index is 12.4. The number of anilines is 1. The molecule has 0 radical (unpaired) electrons. The van der Waals surface area contributed by atoms with E-state index in [2.05, 4.69) is 48.7 Å². The van der Waals surface area contributed by atoms with Gasteiger partial charge in [-0.1, -0.05) is 23.8 Å². The molecule has 182 valence electrons. The average molecular weight is 474 g/mol. The summed E-state index contributed by atoms with van der Waals surface area (Å²) in [6.07, 6.45) is 1.54. The first-order valence-corrected chi connectivity index (χ1v) is 11.4. The molecule has 2 N–H and O–H groups in total. The van der Waals surface area contributed by atoms with E-state index >= 15 is 0 Å². The third kappa shape index (κ3) is 7.17.